The number of aliphatic hydroxyl groups excluding tert-OH is 1. The van der Waals surface area contributed by atoms with Crippen LogP contribution in [0.4, 0.5) is 10.5 Å². The molecule has 0 saturated carbocycles. The van der Waals surface area contributed by atoms with Gasteiger partial charge in [0, 0.05) is 43.1 Å². The molecule has 274 valence electrons. The van der Waals surface area contributed by atoms with E-state index in [1.807, 2.05) is 51.1 Å². The minimum atomic E-state index is -4.16. The number of allylic oxidation sites excluding steroid dienone is 1. The van der Waals surface area contributed by atoms with E-state index in [2.05, 4.69) is 29.4 Å². The molecule has 3 aliphatic rings. The van der Waals surface area contributed by atoms with Crippen molar-refractivity contribution in [2.45, 2.75) is 89.7 Å². The van der Waals surface area contributed by atoms with E-state index in [9.17, 15) is 23.1 Å². The Morgan fingerprint density at radius 3 is 2.48 bits per heavy atom. The lowest BCUT2D eigenvalue weighted by Gasteiger charge is -2.31. The maximum Gasteiger partial charge on any atom is 0.407 e. The topological polar surface area (TPSA) is 147 Å². The zero-order valence-corrected chi connectivity index (χ0v) is 30.6. The standard InChI is InChI=1S/C37H52N4O8S/c1-6-16-40(17-7-2)25(5)34-29-20-27(13-14-30(29)38-35(34)43)50(45,46)41(21-24(3)4)22-32(42)31(19-26-11-9-8-10-12-26)39-37(44)49-33-23-48-36-28(33)15-18-47-36/h8-14,20,24,28,31-33,36,42H,6-7,15-19,21-23H2,1-5H3,(H,38,43)(H,39,44)/b34-25-/t28?,31-,32+,33-,36?/m0/s1. The van der Waals surface area contributed by atoms with Gasteiger partial charge < -0.3 is 34.9 Å². The van der Waals surface area contributed by atoms with E-state index in [1.54, 1.807) is 12.1 Å². The van der Waals surface area contributed by atoms with Gasteiger partial charge in [-0.1, -0.05) is 58.0 Å². The largest absolute Gasteiger partial charge is 0.443 e. The van der Waals surface area contributed by atoms with Crippen molar-refractivity contribution in [3.8, 4) is 0 Å². The van der Waals surface area contributed by atoms with Gasteiger partial charge in [0.05, 0.1) is 41.7 Å². The van der Waals surface area contributed by atoms with E-state index in [0.717, 1.165) is 43.6 Å². The SMILES string of the molecule is CCCN(CCC)/C(C)=C1\C(=O)Nc2ccc(S(=O)(=O)N(CC(C)C)C[C@@H](O)[C@H](Cc3ccccc3)NC(=O)O[C@H]3COC4OCCC43)cc21. The van der Waals surface area contributed by atoms with Gasteiger partial charge in [-0.15, -0.1) is 0 Å². The monoisotopic (exact) mass is 712 g/mol. The third-order valence-electron chi connectivity index (χ3n) is 9.47. The first-order chi connectivity index (χ1) is 23.9. The second kappa shape index (κ2) is 16.7. The molecule has 2 aromatic rings. The summed E-state index contributed by atoms with van der Waals surface area (Å²) in [6.45, 7) is 12.0. The molecule has 0 aliphatic carbocycles. The summed E-state index contributed by atoms with van der Waals surface area (Å²) in [5.41, 5.74) is 3.21. The van der Waals surface area contributed by atoms with Crippen LogP contribution in [0.1, 0.15) is 65.0 Å². The highest BCUT2D eigenvalue weighted by Crippen LogP contribution is 2.37. The molecule has 50 heavy (non-hydrogen) atoms. The minimum absolute atomic E-state index is 0.0185. The third-order valence-corrected chi connectivity index (χ3v) is 11.3. The smallest absolute Gasteiger partial charge is 0.407 e. The number of anilines is 1. The summed E-state index contributed by atoms with van der Waals surface area (Å²) in [6, 6.07) is 13.2. The van der Waals surface area contributed by atoms with Gasteiger partial charge in [0.1, 0.15) is 6.10 Å². The molecule has 3 heterocycles. The molecule has 2 saturated heterocycles. The van der Waals surface area contributed by atoms with Gasteiger partial charge in [0.15, 0.2) is 6.29 Å². The number of aliphatic hydroxyl groups is 1. The molecule has 5 atom stereocenters. The normalized spacial score (nSPS) is 22.2. The van der Waals surface area contributed by atoms with Crippen molar-refractivity contribution < 1.29 is 37.3 Å². The lowest BCUT2D eigenvalue weighted by molar-refractivity contribution is -0.110. The zero-order valence-electron chi connectivity index (χ0n) is 29.8. The Bertz CT molecular complexity index is 1630. The molecule has 2 aromatic carbocycles. The van der Waals surface area contributed by atoms with Crippen LogP contribution in [0.2, 0.25) is 0 Å². The van der Waals surface area contributed by atoms with Crippen LogP contribution in [0.25, 0.3) is 5.57 Å². The molecule has 12 nitrogen and oxygen atoms in total. The second-order valence-electron chi connectivity index (χ2n) is 13.8. The number of carbonyl (C=O) groups is 2. The lowest BCUT2D eigenvalue weighted by Crippen LogP contribution is -2.51. The van der Waals surface area contributed by atoms with Gasteiger partial charge in [0.2, 0.25) is 10.0 Å². The van der Waals surface area contributed by atoms with Crippen LogP contribution in [0.15, 0.2) is 59.1 Å². The van der Waals surface area contributed by atoms with Crippen LogP contribution in [0, 0.1) is 11.8 Å². The number of nitrogens with zero attached hydrogens (tertiary/aromatic N) is 2. The van der Waals surface area contributed by atoms with Crippen LogP contribution in [-0.2, 0) is 35.4 Å². The number of benzene rings is 2. The summed E-state index contributed by atoms with van der Waals surface area (Å²) in [4.78, 5) is 28.6. The number of rotatable bonds is 16. The number of hydrogen-bond acceptors (Lipinski definition) is 9. The first kappa shape index (κ1) is 37.8. The molecule has 0 aromatic heterocycles. The van der Waals surface area contributed by atoms with Crippen LogP contribution >= 0.6 is 0 Å². The summed E-state index contributed by atoms with van der Waals surface area (Å²) < 4.78 is 46.9. The number of alkyl carbamates (subject to hydrolysis) is 1. The first-order valence-corrected chi connectivity index (χ1v) is 19.2. The average molecular weight is 713 g/mol. The van der Waals surface area contributed by atoms with E-state index in [0.29, 0.717) is 23.4 Å². The van der Waals surface area contributed by atoms with Crippen molar-refractivity contribution in [3.63, 3.8) is 0 Å². The number of sulfonamides is 1. The Morgan fingerprint density at radius 1 is 1.08 bits per heavy atom. The summed E-state index contributed by atoms with van der Waals surface area (Å²) in [5.74, 6) is -0.387. The Hall–Kier alpha value is -3.49. The van der Waals surface area contributed by atoms with Crippen LogP contribution < -0.4 is 10.6 Å². The van der Waals surface area contributed by atoms with Crippen molar-refractivity contribution in [1.29, 1.82) is 0 Å². The maximum absolute atomic E-state index is 14.4. The van der Waals surface area contributed by atoms with Gasteiger partial charge in [-0.3, -0.25) is 4.79 Å². The second-order valence-corrected chi connectivity index (χ2v) is 15.7. The number of fused-ring (bicyclic) bond motifs is 2. The van der Waals surface area contributed by atoms with Crippen LogP contribution in [-0.4, -0.2) is 98.7 Å². The Balaban J connectivity index is 1.40. The number of carbonyl (C=O) groups excluding carboxylic acids is 2. The molecule has 0 spiro atoms. The molecular formula is C37H52N4O8S. The first-order valence-electron chi connectivity index (χ1n) is 17.8. The molecule has 3 aliphatic heterocycles. The Labute approximate surface area is 296 Å². The fraction of sp³-hybridized carbons (Fsp3) is 0.568. The number of hydrogen-bond donors (Lipinski definition) is 3. The van der Waals surface area contributed by atoms with E-state index in [-0.39, 0.29) is 55.0 Å². The van der Waals surface area contributed by atoms with Crippen LogP contribution in [0.3, 0.4) is 0 Å². The minimum Gasteiger partial charge on any atom is -0.443 e. The van der Waals surface area contributed by atoms with Crippen molar-refractivity contribution in [3.05, 3.63) is 65.4 Å². The molecule has 0 bridgehead atoms. The molecule has 2 fully saturated rings. The molecule has 3 N–H and O–H groups in total. The number of nitrogens with one attached hydrogen (secondary N) is 2. The van der Waals surface area contributed by atoms with E-state index in [4.69, 9.17) is 14.2 Å². The predicted molar refractivity (Wildman–Crippen MR) is 191 cm³/mol. The fourth-order valence-corrected chi connectivity index (χ4v) is 8.64. The van der Waals surface area contributed by atoms with Gasteiger partial charge in [-0.2, -0.15) is 4.31 Å². The summed E-state index contributed by atoms with van der Waals surface area (Å²) in [5, 5.41) is 17.4. The average Bonchev–Trinajstić information content (AvgIpc) is 3.79. The molecule has 0 radical (unpaired) electrons. The molecule has 13 heteroatoms. The van der Waals surface area contributed by atoms with Crippen molar-refractivity contribution in [2.24, 2.45) is 11.8 Å². The van der Waals surface area contributed by atoms with Crippen molar-refractivity contribution in [1.82, 2.24) is 14.5 Å². The Morgan fingerprint density at radius 2 is 1.80 bits per heavy atom. The lowest BCUT2D eigenvalue weighted by atomic mass is 10.0. The van der Waals surface area contributed by atoms with E-state index >= 15 is 0 Å². The number of ether oxygens (including phenoxy) is 3. The summed E-state index contributed by atoms with van der Waals surface area (Å²) in [6.07, 6.45) is -0.0835. The van der Waals surface area contributed by atoms with E-state index in [1.165, 1.54) is 10.4 Å². The molecule has 5 rings (SSSR count). The highest BCUT2D eigenvalue weighted by molar-refractivity contribution is 7.89. The Kier molecular flexibility index (Phi) is 12.6. The summed E-state index contributed by atoms with van der Waals surface area (Å²) in [7, 11) is -4.16. The predicted octanol–water partition coefficient (Wildman–Crippen LogP) is 4.60. The third kappa shape index (κ3) is 8.68. The fourth-order valence-electron chi connectivity index (χ4n) is 7.00. The van der Waals surface area contributed by atoms with Gasteiger partial charge in [0.25, 0.3) is 5.91 Å². The van der Waals surface area contributed by atoms with Gasteiger partial charge in [-0.05, 0) is 62.3 Å². The zero-order chi connectivity index (χ0) is 36.0. The van der Waals surface area contributed by atoms with Crippen LogP contribution in [0.5, 0.6) is 0 Å². The maximum atomic E-state index is 14.4. The van der Waals surface area contributed by atoms with Crippen molar-refractivity contribution in [2.75, 3.05) is 44.7 Å². The highest BCUT2D eigenvalue weighted by atomic mass is 32.2. The quantitative estimate of drug-likeness (QED) is 0.213. The number of amides is 2. The highest BCUT2D eigenvalue weighted by Gasteiger charge is 2.44. The van der Waals surface area contributed by atoms with Gasteiger partial charge in [-0.25, -0.2) is 13.2 Å². The summed E-state index contributed by atoms with van der Waals surface area (Å²) >= 11 is 0. The molecule has 2 amide bonds. The van der Waals surface area contributed by atoms with E-state index < -0.39 is 34.4 Å². The van der Waals surface area contributed by atoms with Crippen molar-refractivity contribution >= 4 is 33.3 Å². The molecule has 2 unspecified atom stereocenters. The van der Waals surface area contributed by atoms with Gasteiger partial charge >= 0.3 is 6.09 Å². The molecular weight excluding hydrogens is 660 g/mol.